The van der Waals surface area contributed by atoms with Gasteiger partial charge < -0.3 is 20.9 Å². The molecule has 3 amide bonds. The van der Waals surface area contributed by atoms with Gasteiger partial charge in [0.15, 0.2) is 0 Å². The van der Waals surface area contributed by atoms with E-state index in [1.54, 1.807) is 60.5 Å². The van der Waals surface area contributed by atoms with Crippen LogP contribution in [0, 0.1) is 0 Å². The van der Waals surface area contributed by atoms with Gasteiger partial charge in [0.25, 0.3) is 11.8 Å². The van der Waals surface area contributed by atoms with Crippen LogP contribution in [0.1, 0.15) is 26.3 Å². The van der Waals surface area contributed by atoms with Gasteiger partial charge in [0, 0.05) is 41.8 Å². The number of nitrogens with zero attached hydrogens (tertiary/aromatic N) is 1. The number of carbonyl (C=O) groups excluding carboxylic acids is 3. The van der Waals surface area contributed by atoms with E-state index in [0.29, 0.717) is 23.4 Å². The molecule has 0 aliphatic carbocycles. The lowest BCUT2D eigenvalue weighted by molar-refractivity contribution is -0.114. The van der Waals surface area contributed by atoms with Crippen molar-refractivity contribution in [2.75, 3.05) is 29.1 Å². The summed E-state index contributed by atoms with van der Waals surface area (Å²) in [6, 6.07) is 32.8. The zero-order chi connectivity index (χ0) is 26.0. The van der Waals surface area contributed by atoms with E-state index in [9.17, 15) is 14.4 Å². The second-order valence-corrected chi connectivity index (χ2v) is 8.42. The van der Waals surface area contributed by atoms with Crippen LogP contribution in [0.4, 0.5) is 17.1 Å². The third-order valence-corrected chi connectivity index (χ3v) is 5.76. The van der Waals surface area contributed by atoms with Gasteiger partial charge in [-0.1, -0.05) is 48.5 Å². The predicted molar refractivity (Wildman–Crippen MR) is 147 cm³/mol. The fraction of sp³-hybridized carbons (Fsp3) is 0.100. The molecular weight excluding hydrogens is 464 g/mol. The maximum Gasteiger partial charge on any atom is 0.258 e. The van der Waals surface area contributed by atoms with Crippen molar-refractivity contribution in [3.05, 3.63) is 126 Å². The first-order valence-corrected chi connectivity index (χ1v) is 11.9. The van der Waals surface area contributed by atoms with Crippen molar-refractivity contribution in [3.63, 3.8) is 0 Å². The Labute approximate surface area is 216 Å². The Hall–Kier alpha value is -4.91. The Balaban J connectivity index is 1.23. The molecule has 0 radical (unpaired) electrons. The summed E-state index contributed by atoms with van der Waals surface area (Å²) < 4.78 is 0. The topological polar surface area (TPSA) is 90.5 Å². The number of benzene rings is 4. The number of rotatable bonds is 9. The second-order valence-electron chi connectivity index (χ2n) is 8.42. The van der Waals surface area contributed by atoms with Crippen molar-refractivity contribution < 1.29 is 14.4 Å². The molecule has 0 aliphatic rings. The number of amides is 3. The van der Waals surface area contributed by atoms with Crippen LogP contribution < -0.4 is 20.9 Å². The highest BCUT2D eigenvalue weighted by molar-refractivity contribution is 6.06. The second kappa shape index (κ2) is 12.2. The first-order valence-electron chi connectivity index (χ1n) is 11.9. The summed E-state index contributed by atoms with van der Waals surface area (Å²) in [7, 11) is 1.73. The fourth-order valence-corrected chi connectivity index (χ4v) is 3.67. The molecule has 0 spiro atoms. The molecule has 0 saturated carbocycles. The number of para-hydroxylation sites is 1. The maximum absolute atomic E-state index is 12.7. The minimum Gasteiger partial charge on any atom is -0.376 e. The van der Waals surface area contributed by atoms with E-state index in [2.05, 4.69) is 16.0 Å². The zero-order valence-electron chi connectivity index (χ0n) is 20.5. The highest BCUT2D eigenvalue weighted by Crippen LogP contribution is 2.17. The maximum atomic E-state index is 12.7. The Morgan fingerprint density at radius 1 is 0.676 bits per heavy atom. The van der Waals surface area contributed by atoms with Crippen LogP contribution in [0.5, 0.6) is 0 Å². The molecular formula is C30H28N4O3. The smallest absolute Gasteiger partial charge is 0.258 e. The van der Waals surface area contributed by atoms with Gasteiger partial charge in [-0.25, -0.2) is 0 Å². The molecule has 186 valence electrons. The van der Waals surface area contributed by atoms with Crippen molar-refractivity contribution in [2.45, 2.75) is 6.54 Å². The van der Waals surface area contributed by atoms with Gasteiger partial charge in [-0.2, -0.15) is 0 Å². The Bertz CT molecular complexity index is 1340. The third kappa shape index (κ3) is 7.05. The molecule has 0 saturated heterocycles. The highest BCUT2D eigenvalue weighted by Gasteiger charge is 2.13. The monoisotopic (exact) mass is 492 g/mol. The third-order valence-electron chi connectivity index (χ3n) is 5.76. The average Bonchev–Trinajstić information content (AvgIpc) is 2.95. The van der Waals surface area contributed by atoms with E-state index in [4.69, 9.17) is 0 Å². The molecule has 37 heavy (non-hydrogen) atoms. The summed E-state index contributed by atoms with van der Waals surface area (Å²) in [6.45, 7) is 0.499. The Kier molecular flexibility index (Phi) is 8.29. The first kappa shape index (κ1) is 25.2. The molecule has 0 fully saturated rings. The van der Waals surface area contributed by atoms with E-state index >= 15 is 0 Å². The van der Waals surface area contributed by atoms with Crippen LogP contribution in [-0.2, 0) is 11.3 Å². The molecule has 0 heterocycles. The Morgan fingerprint density at radius 2 is 1.24 bits per heavy atom. The normalized spacial score (nSPS) is 10.3. The summed E-state index contributed by atoms with van der Waals surface area (Å²) in [5.74, 6) is -0.529. The van der Waals surface area contributed by atoms with Gasteiger partial charge in [-0.05, 0) is 66.2 Å². The number of hydrogen-bond acceptors (Lipinski definition) is 4. The molecule has 3 N–H and O–H groups in total. The quantitative estimate of drug-likeness (QED) is 0.309. The van der Waals surface area contributed by atoms with E-state index in [0.717, 1.165) is 16.9 Å². The summed E-state index contributed by atoms with van der Waals surface area (Å²) >= 11 is 0. The minimum atomic E-state index is -0.231. The predicted octanol–water partition coefficient (Wildman–Crippen LogP) is 4.94. The standard InChI is InChI=1S/C30H28N4O3/c1-34(27-10-6-3-7-11-27)30(37)24-14-16-25(17-15-24)31-21-28(35)33-26-18-12-23(13-19-26)29(36)32-20-22-8-4-2-5-9-22/h2-19,31H,20-21H2,1H3,(H,32,36)(H,33,35). The lowest BCUT2D eigenvalue weighted by Crippen LogP contribution is -2.26. The molecule has 0 atom stereocenters. The van der Waals surface area contributed by atoms with Crippen LogP contribution >= 0.6 is 0 Å². The van der Waals surface area contributed by atoms with Crippen molar-refractivity contribution in [3.8, 4) is 0 Å². The van der Waals surface area contributed by atoms with Crippen molar-refractivity contribution in [1.82, 2.24) is 5.32 Å². The number of nitrogens with one attached hydrogen (secondary N) is 3. The number of carbonyl (C=O) groups is 3. The Morgan fingerprint density at radius 3 is 1.89 bits per heavy atom. The first-order chi connectivity index (χ1) is 18.0. The summed E-state index contributed by atoms with van der Waals surface area (Å²) in [4.78, 5) is 39.0. The van der Waals surface area contributed by atoms with Gasteiger partial charge in [0.2, 0.25) is 5.91 Å². The van der Waals surface area contributed by atoms with Crippen LogP contribution in [0.2, 0.25) is 0 Å². The molecule has 7 nitrogen and oxygen atoms in total. The van der Waals surface area contributed by atoms with Gasteiger partial charge >= 0.3 is 0 Å². The highest BCUT2D eigenvalue weighted by atomic mass is 16.2. The van der Waals surface area contributed by atoms with Crippen molar-refractivity contribution >= 4 is 34.8 Å². The van der Waals surface area contributed by atoms with Crippen LogP contribution in [0.25, 0.3) is 0 Å². The van der Waals surface area contributed by atoms with E-state index in [1.165, 1.54) is 0 Å². The SMILES string of the molecule is CN(C(=O)c1ccc(NCC(=O)Nc2ccc(C(=O)NCc3ccccc3)cc2)cc1)c1ccccc1. The summed E-state index contributed by atoms with van der Waals surface area (Å²) in [5.41, 5.74) is 4.21. The average molecular weight is 493 g/mol. The zero-order valence-corrected chi connectivity index (χ0v) is 20.5. The van der Waals surface area contributed by atoms with E-state index in [-0.39, 0.29) is 24.3 Å². The number of hydrogen-bond donors (Lipinski definition) is 3. The molecule has 4 rings (SSSR count). The molecule has 0 aromatic heterocycles. The van der Waals surface area contributed by atoms with Crippen LogP contribution in [-0.4, -0.2) is 31.3 Å². The molecule has 7 heteroatoms. The van der Waals surface area contributed by atoms with Crippen LogP contribution in [0.3, 0.4) is 0 Å². The van der Waals surface area contributed by atoms with Crippen molar-refractivity contribution in [1.29, 1.82) is 0 Å². The molecule has 0 aliphatic heterocycles. The molecule has 4 aromatic rings. The van der Waals surface area contributed by atoms with E-state index in [1.807, 2.05) is 60.7 Å². The largest absolute Gasteiger partial charge is 0.376 e. The molecule has 0 unspecified atom stereocenters. The molecule has 0 bridgehead atoms. The van der Waals surface area contributed by atoms with Gasteiger partial charge in [0.1, 0.15) is 0 Å². The lowest BCUT2D eigenvalue weighted by Gasteiger charge is -2.17. The summed E-state index contributed by atoms with van der Waals surface area (Å²) in [6.07, 6.45) is 0. The van der Waals surface area contributed by atoms with Gasteiger partial charge in [0.05, 0.1) is 6.54 Å². The van der Waals surface area contributed by atoms with Gasteiger partial charge in [-0.3, -0.25) is 14.4 Å². The van der Waals surface area contributed by atoms with Gasteiger partial charge in [-0.15, -0.1) is 0 Å². The lowest BCUT2D eigenvalue weighted by atomic mass is 10.1. The van der Waals surface area contributed by atoms with Crippen LogP contribution in [0.15, 0.2) is 109 Å². The molecule has 4 aromatic carbocycles. The van der Waals surface area contributed by atoms with E-state index < -0.39 is 0 Å². The summed E-state index contributed by atoms with van der Waals surface area (Å²) in [5, 5.41) is 8.74. The minimum absolute atomic E-state index is 0.0521. The fourth-order valence-electron chi connectivity index (χ4n) is 3.67. The van der Waals surface area contributed by atoms with Crippen molar-refractivity contribution in [2.24, 2.45) is 0 Å². The number of anilines is 3.